The average molecular weight is 335 g/mol. The van der Waals surface area contributed by atoms with Crippen molar-refractivity contribution in [1.82, 2.24) is 14.5 Å². The molecule has 128 valence electrons. The molecule has 1 atom stereocenters. The number of aryl methyl sites for hydroxylation is 1. The highest BCUT2D eigenvalue weighted by Gasteiger charge is 2.33. The topological polar surface area (TPSA) is 47.4 Å². The molecule has 0 aliphatic carbocycles. The Kier molecular flexibility index (Phi) is 3.92. The molecule has 1 saturated heterocycles. The van der Waals surface area contributed by atoms with E-state index in [1.807, 2.05) is 54.4 Å². The van der Waals surface area contributed by atoms with E-state index >= 15 is 0 Å². The average Bonchev–Trinajstić information content (AvgIpc) is 3.16. The van der Waals surface area contributed by atoms with Crippen LogP contribution in [0.3, 0.4) is 0 Å². The van der Waals surface area contributed by atoms with E-state index in [0.717, 1.165) is 28.2 Å². The van der Waals surface area contributed by atoms with E-state index < -0.39 is 0 Å². The second kappa shape index (κ2) is 6.24. The third-order valence-electron chi connectivity index (χ3n) is 4.93. The largest absolute Gasteiger partial charge is 0.497 e. The number of hydrogen-bond donors (Lipinski definition) is 0. The van der Waals surface area contributed by atoms with E-state index in [2.05, 4.69) is 10.6 Å². The van der Waals surface area contributed by atoms with Gasteiger partial charge in [-0.25, -0.2) is 4.98 Å². The second-order valence-electron chi connectivity index (χ2n) is 6.54. The summed E-state index contributed by atoms with van der Waals surface area (Å²) in [6.45, 7) is 1.34. The van der Waals surface area contributed by atoms with Gasteiger partial charge in [-0.05, 0) is 29.8 Å². The zero-order valence-electron chi connectivity index (χ0n) is 14.5. The van der Waals surface area contributed by atoms with Crippen LogP contribution in [-0.2, 0) is 18.4 Å². The van der Waals surface area contributed by atoms with Crippen molar-refractivity contribution in [1.29, 1.82) is 0 Å². The molecule has 1 unspecified atom stereocenters. The molecule has 2 aromatic carbocycles. The smallest absolute Gasteiger partial charge is 0.223 e. The zero-order valence-corrected chi connectivity index (χ0v) is 14.5. The highest BCUT2D eigenvalue weighted by molar-refractivity contribution is 5.80. The number of likely N-dealkylation sites (tertiary alicyclic amines) is 1. The first-order chi connectivity index (χ1) is 12.2. The Morgan fingerprint density at radius 3 is 2.64 bits per heavy atom. The molecule has 0 saturated carbocycles. The van der Waals surface area contributed by atoms with Gasteiger partial charge in [-0.2, -0.15) is 0 Å². The third kappa shape index (κ3) is 2.86. The molecular formula is C20H21N3O2. The number of carbonyl (C=O) groups excluding carboxylic acids is 1. The minimum absolute atomic E-state index is 0.142. The van der Waals surface area contributed by atoms with Crippen molar-refractivity contribution in [2.24, 2.45) is 7.05 Å². The molecule has 1 aliphatic rings. The van der Waals surface area contributed by atoms with Gasteiger partial charge in [0.05, 0.1) is 18.1 Å². The number of aromatic nitrogens is 2. The van der Waals surface area contributed by atoms with Crippen LogP contribution in [0.25, 0.3) is 11.0 Å². The van der Waals surface area contributed by atoms with Crippen LogP contribution in [0.15, 0.2) is 48.5 Å². The lowest BCUT2D eigenvalue weighted by Crippen LogP contribution is -2.24. The molecule has 0 radical (unpaired) electrons. The molecule has 25 heavy (non-hydrogen) atoms. The number of carbonyl (C=O) groups is 1. The first-order valence-electron chi connectivity index (χ1n) is 8.48. The lowest BCUT2D eigenvalue weighted by molar-refractivity contribution is -0.128. The summed E-state index contributed by atoms with van der Waals surface area (Å²) in [4.78, 5) is 19.2. The maximum absolute atomic E-state index is 12.5. The molecule has 5 nitrogen and oxygen atoms in total. The molecule has 0 spiro atoms. The predicted octanol–water partition coefficient (Wildman–Crippen LogP) is 3.10. The van der Waals surface area contributed by atoms with Crippen molar-refractivity contribution in [3.8, 4) is 5.75 Å². The normalized spacial score (nSPS) is 17.4. The van der Waals surface area contributed by atoms with Gasteiger partial charge in [-0.15, -0.1) is 0 Å². The highest BCUT2D eigenvalue weighted by atomic mass is 16.5. The zero-order chi connectivity index (χ0) is 17.4. The lowest BCUT2D eigenvalue weighted by Gasteiger charge is -2.17. The van der Waals surface area contributed by atoms with Crippen LogP contribution in [0.1, 0.15) is 23.7 Å². The Morgan fingerprint density at radius 2 is 1.92 bits per heavy atom. The molecule has 1 fully saturated rings. The molecule has 2 heterocycles. The van der Waals surface area contributed by atoms with E-state index in [1.54, 1.807) is 7.11 Å². The van der Waals surface area contributed by atoms with Crippen molar-refractivity contribution >= 4 is 16.9 Å². The molecule has 1 aliphatic heterocycles. The van der Waals surface area contributed by atoms with Crippen LogP contribution < -0.4 is 4.74 Å². The first kappa shape index (κ1) is 15.7. The van der Waals surface area contributed by atoms with Crippen LogP contribution in [-0.4, -0.2) is 34.0 Å². The number of hydrogen-bond acceptors (Lipinski definition) is 3. The number of fused-ring (bicyclic) bond motifs is 1. The van der Waals surface area contributed by atoms with Crippen LogP contribution in [0.2, 0.25) is 0 Å². The number of methoxy groups -OCH3 is 1. The summed E-state index contributed by atoms with van der Waals surface area (Å²) >= 11 is 0. The van der Waals surface area contributed by atoms with E-state index in [-0.39, 0.29) is 11.8 Å². The highest BCUT2D eigenvalue weighted by Crippen LogP contribution is 2.30. The van der Waals surface area contributed by atoms with Gasteiger partial charge < -0.3 is 14.2 Å². The third-order valence-corrected chi connectivity index (χ3v) is 4.93. The Hall–Kier alpha value is -2.82. The van der Waals surface area contributed by atoms with Crippen LogP contribution in [0.5, 0.6) is 5.75 Å². The first-order valence-corrected chi connectivity index (χ1v) is 8.48. The number of ether oxygens (including phenoxy) is 1. The fourth-order valence-electron chi connectivity index (χ4n) is 3.58. The quantitative estimate of drug-likeness (QED) is 0.736. The standard InChI is InChI=1S/C20H21N3O2/c1-22-18-6-4-3-5-17(18)21-20(22)15-11-19(24)23(13-15)12-14-7-9-16(25-2)10-8-14/h3-10,15H,11-13H2,1-2H3. The van der Waals surface area contributed by atoms with Crippen molar-refractivity contribution < 1.29 is 9.53 Å². The van der Waals surface area contributed by atoms with Crippen LogP contribution >= 0.6 is 0 Å². The maximum atomic E-state index is 12.5. The Bertz CT molecular complexity index is 914. The summed E-state index contributed by atoms with van der Waals surface area (Å²) in [5.41, 5.74) is 3.21. The minimum Gasteiger partial charge on any atom is -0.497 e. The second-order valence-corrected chi connectivity index (χ2v) is 6.54. The summed E-state index contributed by atoms with van der Waals surface area (Å²) < 4.78 is 7.30. The molecule has 3 aromatic rings. The number of rotatable bonds is 4. The summed E-state index contributed by atoms with van der Waals surface area (Å²) in [5, 5.41) is 0. The molecule has 1 aromatic heterocycles. The van der Waals surface area contributed by atoms with Gasteiger partial charge in [0.1, 0.15) is 11.6 Å². The lowest BCUT2D eigenvalue weighted by atomic mass is 10.1. The van der Waals surface area contributed by atoms with Crippen molar-refractivity contribution in [3.05, 3.63) is 59.9 Å². The Balaban J connectivity index is 1.53. The van der Waals surface area contributed by atoms with Gasteiger partial charge in [-0.1, -0.05) is 24.3 Å². The molecule has 0 bridgehead atoms. The van der Waals surface area contributed by atoms with Gasteiger partial charge in [0.15, 0.2) is 0 Å². The summed E-state index contributed by atoms with van der Waals surface area (Å²) in [6.07, 6.45) is 0.521. The summed E-state index contributed by atoms with van der Waals surface area (Å²) in [6, 6.07) is 16.0. The van der Waals surface area contributed by atoms with E-state index in [9.17, 15) is 4.79 Å². The number of amides is 1. The fraction of sp³-hybridized carbons (Fsp3) is 0.300. The number of para-hydroxylation sites is 2. The fourth-order valence-corrected chi connectivity index (χ4v) is 3.58. The maximum Gasteiger partial charge on any atom is 0.223 e. The number of nitrogens with zero attached hydrogens (tertiary/aromatic N) is 3. The number of imidazole rings is 1. The SMILES string of the molecule is COc1ccc(CN2CC(c3nc4ccccc4n3C)CC2=O)cc1. The molecule has 0 N–H and O–H groups in total. The molecular weight excluding hydrogens is 314 g/mol. The van der Waals surface area contributed by atoms with Crippen molar-refractivity contribution in [2.75, 3.05) is 13.7 Å². The van der Waals surface area contributed by atoms with Gasteiger partial charge in [0.25, 0.3) is 0 Å². The van der Waals surface area contributed by atoms with Gasteiger partial charge in [0.2, 0.25) is 5.91 Å². The van der Waals surface area contributed by atoms with E-state index in [0.29, 0.717) is 19.5 Å². The summed E-state index contributed by atoms with van der Waals surface area (Å²) in [7, 11) is 3.68. The predicted molar refractivity (Wildman–Crippen MR) is 96.5 cm³/mol. The van der Waals surface area contributed by atoms with Gasteiger partial charge in [0, 0.05) is 32.5 Å². The monoisotopic (exact) mass is 335 g/mol. The minimum atomic E-state index is 0.142. The van der Waals surface area contributed by atoms with Crippen LogP contribution in [0, 0.1) is 0 Å². The molecule has 4 rings (SSSR count). The van der Waals surface area contributed by atoms with Gasteiger partial charge in [-0.3, -0.25) is 4.79 Å². The van der Waals surface area contributed by atoms with Crippen LogP contribution in [0.4, 0.5) is 0 Å². The Labute approximate surface area is 146 Å². The Morgan fingerprint density at radius 1 is 1.16 bits per heavy atom. The molecule has 5 heteroatoms. The van der Waals surface area contributed by atoms with Crippen molar-refractivity contribution in [2.45, 2.75) is 18.9 Å². The van der Waals surface area contributed by atoms with E-state index in [1.165, 1.54) is 0 Å². The van der Waals surface area contributed by atoms with E-state index in [4.69, 9.17) is 9.72 Å². The van der Waals surface area contributed by atoms with Crippen molar-refractivity contribution in [3.63, 3.8) is 0 Å². The number of benzene rings is 2. The summed E-state index contributed by atoms with van der Waals surface area (Å²) in [5.74, 6) is 2.15. The molecule has 1 amide bonds. The van der Waals surface area contributed by atoms with Gasteiger partial charge >= 0.3 is 0 Å².